The average molecular weight is 313 g/mol. The maximum atomic E-state index is 4.57. The number of nitrogens with zero attached hydrogens (tertiary/aromatic N) is 4. The molecule has 1 N–H and O–H groups in total. The van der Waals surface area contributed by atoms with E-state index in [0.717, 1.165) is 37.3 Å². The fraction of sp³-hybridized carbons (Fsp3) is 0.455. The maximum Gasteiger partial charge on any atom is 0.181 e. The van der Waals surface area contributed by atoms with E-state index < -0.39 is 0 Å². The Morgan fingerprint density at radius 1 is 1.21 bits per heavy atom. The zero-order chi connectivity index (χ0) is 13.8. The third-order valence-corrected chi connectivity index (χ3v) is 5.49. The topological polar surface area (TPSA) is 63.6 Å². The number of hydrogen-bond acceptors (Lipinski definition) is 8. The molecular weight excluding hydrogens is 298 g/mol. The van der Waals surface area contributed by atoms with Gasteiger partial charge in [0.15, 0.2) is 8.68 Å². The lowest BCUT2D eigenvalue weighted by Crippen LogP contribution is -2.03. The number of hydrogen-bond donors (Lipinski definition) is 1. The summed E-state index contributed by atoms with van der Waals surface area (Å²) in [6.07, 6.45) is 2.81. The van der Waals surface area contributed by atoms with Crippen LogP contribution in [0.25, 0.3) is 0 Å². The standard InChI is InChI=1S/C11H15N5S3/c1-5-7-13-8(12-3)6(2)9(14-7)18-11-16-15-10(17-4)19-11/h5H2,1-4H3,(H,12,13,14). The second-order valence-electron chi connectivity index (χ2n) is 3.66. The van der Waals surface area contributed by atoms with Crippen molar-refractivity contribution in [3.8, 4) is 0 Å². The number of aryl methyl sites for hydroxylation is 1. The monoisotopic (exact) mass is 313 g/mol. The molecule has 2 aromatic heterocycles. The summed E-state index contributed by atoms with van der Waals surface area (Å²) >= 11 is 4.74. The minimum Gasteiger partial charge on any atom is -0.373 e. The van der Waals surface area contributed by atoms with Gasteiger partial charge in [-0.2, -0.15) is 0 Å². The van der Waals surface area contributed by atoms with Crippen LogP contribution in [0.15, 0.2) is 13.7 Å². The first kappa shape index (κ1) is 14.5. The zero-order valence-electron chi connectivity index (χ0n) is 11.2. The Kier molecular flexibility index (Phi) is 5.00. The van der Waals surface area contributed by atoms with Gasteiger partial charge in [0.25, 0.3) is 0 Å². The quantitative estimate of drug-likeness (QED) is 0.672. The van der Waals surface area contributed by atoms with Crippen molar-refractivity contribution in [1.82, 2.24) is 20.2 Å². The molecule has 0 bridgehead atoms. The summed E-state index contributed by atoms with van der Waals surface area (Å²) in [5.41, 5.74) is 1.05. The second kappa shape index (κ2) is 6.53. The molecule has 8 heteroatoms. The van der Waals surface area contributed by atoms with Gasteiger partial charge in [0.05, 0.1) is 0 Å². The predicted octanol–water partition coefficient (Wildman–Crippen LogP) is 3.11. The van der Waals surface area contributed by atoms with Crippen LogP contribution in [0.3, 0.4) is 0 Å². The van der Waals surface area contributed by atoms with Crippen LogP contribution in [0.4, 0.5) is 5.82 Å². The van der Waals surface area contributed by atoms with Gasteiger partial charge in [-0.3, -0.25) is 0 Å². The van der Waals surface area contributed by atoms with E-state index in [9.17, 15) is 0 Å². The SMILES string of the molecule is CCc1nc(NC)c(C)c(Sc2nnc(SC)s2)n1. The van der Waals surface area contributed by atoms with Crippen LogP contribution in [0.2, 0.25) is 0 Å². The van der Waals surface area contributed by atoms with E-state index in [0.29, 0.717) is 0 Å². The molecule has 0 saturated heterocycles. The maximum absolute atomic E-state index is 4.57. The van der Waals surface area contributed by atoms with Crippen LogP contribution in [0, 0.1) is 6.92 Å². The summed E-state index contributed by atoms with van der Waals surface area (Å²) in [5.74, 6) is 1.72. The van der Waals surface area contributed by atoms with E-state index in [2.05, 4.69) is 32.4 Å². The number of rotatable bonds is 5. The molecule has 0 fully saturated rings. The van der Waals surface area contributed by atoms with Crippen molar-refractivity contribution in [2.75, 3.05) is 18.6 Å². The highest BCUT2D eigenvalue weighted by Crippen LogP contribution is 2.34. The molecule has 2 aromatic rings. The molecule has 0 atom stereocenters. The molecular formula is C11H15N5S3. The molecule has 0 aliphatic heterocycles. The van der Waals surface area contributed by atoms with Gasteiger partial charge < -0.3 is 5.32 Å². The molecule has 0 unspecified atom stereocenters. The lowest BCUT2D eigenvalue weighted by Gasteiger charge is -2.09. The highest BCUT2D eigenvalue weighted by Gasteiger charge is 2.13. The van der Waals surface area contributed by atoms with Crippen molar-refractivity contribution in [3.05, 3.63) is 11.4 Å². The van der Waals surface area contributed by atoms with Crippen LogP contribution < -0.4 is 5.32 Å². The fourth-order valence-electron chi connectivity index (χ4n) is 1.44. The Balaban J connectivity index is 2.32. The molecule has 2 heterocycles. The summed E-state index contributed by atoms with van der Waals surface area (Å²) in [6.45, 7) is 4.07. The van der Waals surface area contributed by atoms with Crippen molar-refractivity contribution in [1.29, 1.82) is 0 Å². The van der Waals surface area contributed by atoms with Gasteiger partial charge in [-0.1, -0.05) is 30.0 Å². The van der Waals surface area contributed by atoms with E-state index in [-0.39, 0.29) is 0 Å². The van der Waals surface area contributed by atoms with Gasteiger partial charge in [-0.15, -0.1) is 10.2 Å². The van der Waals surface area contributed by atoms with Crippen molar-refractivity contribution in [2.45, 2.75) is 34.0 Å². The lowest BCUT2D eigenvalue weighted by molar-refractivity contribution is 0.872. The summed E-state index contributed by atoms with van der Waals surface area (Å²) in [4.78, 5) is 9.03. The van der Waals surface area contributed by atoms with Crippen LogP contribution in [0.5, 0.6) is 0 Å². The molecule has 2 rings (SSSR count). The summed E-state index contributed by atoms with van der Waals surface area (Å²) < 4.78 is 1.88. The van der Waals surface area contributed by atoms with Crippen LogP contribution in [-0.4, -0.2) is 33.5 Å². The van der Waals surface area contributed by atoms with Gasteiger partial charge >= 0.3 is 0 Å². The van der Waals surface area contributed by atoms with Gasteiger partial charge in [-0.25, -0.2) is 9.97 Å². The first-order valence-corrected chi connectivity index (χ1v) is 8.64. The average Bonchev–Trinajstić information content (AvgIpc) is 2.88. The summed E-state index contributed by atoms with van der Waals surface area (Å²) in [6, 6.07) is 0. The van der Waals surface area contributed by atoms with E-state index in [1.54, 1.807) is 34.9 Å². The minimum atomic E-state index is 0.814. The van der Waals surface area contributed by atoms with Crippen molar-refractivity contribution in [3.63, 3.8) is 0 Å². The Bertz CT molecular complexity index is 569. The Hall–Kier alpha value is -0.860. The number of nitrogens with one attached hydrogen (secondary N) is 1. The highest BCUT2D eigenvalue weighted by atomic mass is 32.2. The van der Waals surface area contributed by atoms with E-state index in [1.807, 2.05) is 20.2 Å². The zero-order valence-corrected chi connectivity index (χ0v) is 13.7. The van der Waals surface area contributed by atoms with E-state index in [1.165, 1.54) is 0 Å². The lowest BCUT2D eigenvalue weighted by atomic mass is 10.3. The number of aromatic nitrogens is 4. The highest BCUT2D eigenvalue weighted by molar-refractivity contribution is 8.03. The molecule has 19 heavy (non-hydrogen) atoms. The predicted molar refractivity (Wildman–Crippen MR) is 81.5 cm³/mol. The van der Waals surface area contributed by atoms with Gasteiger partial charge in [0.2, 0.25) is 0 Å². The molecule has 5 nitrogen and oxygen atoms in total. The molecule has 0 radical (unpaired) electrons. The summed E-state index contributed by atoms with van der Waals surface area (Å²) in [5, 5.41) is 12.3. The Morgan fingerprint density at radius 3 is 2.53 bits per heavy atom. The molecule has 0 aliphatic rings. The molecule has 0 amide bonds. The largest absolute Gasteiger partial charge is 0.373 e. The van der Waals surface area contributed by atoms with Gasteiger partial charge in [-0.05, 0) is 24.9 Å². The first-order chi connectivity index (χ1) is 9.17. The Labute approximate surface area is 125 Å². The fourth-order valence-corrected chi connectivity index (χ4v) is 3.90. The second-order valence-corrected chi connectivity index (χ2v) is 6.93. The molecule has 102 valence electrons. The van der Waals surface area contributed by atoms with Crippen molar-refractivity contribution < 1.29 is 0 Å². The van der Waals surface area contributed by atoms with Gasteiger partial charge in [0.1, 0.15) is 16.7 Å². The van der Waals surface area contributed by atoms with Crippen LogP contribution in [0.1, 0.15) is 18.3 Å². The number of thioether (sulfide) groups is 1. The van der Waals surface area contributed by atoms with Crippen LogP contribution in [-0.2, 0) is 6.42 Å². The summed E-state index contributed by atoms with van der Waals surface area (Å²) in [7, 11) is 1.87. The van der Waals surface area contributed by atoms with Crippen molar-refractivity contribution >= 4 is 40.7 Å². The van der Waals surface area contributed by atoms with Crippen molar-refractivity contribution in [2.24, 2.45) is 0 Å². The minimum absolute atomic E-state index is 0.814. The van der Waals surface area contributed by atoms with E-state index >= 15 is 0 Å². The van der Waals surface area contributed by atoms with E-state index in [4.69, 9.17) is 0 Å². The van der Waals surface area contributed by atoms with Gasteiger partial charge in [0, 0.05) is 19.0 Å². The number of anilines is 1. The third-order valence-electron chi connectivity index (χ3n) is 2.45. The first-order valence-electron chi connectivity index (χ1n) is 5.78. The molecule has 0 saturated carbocycles. The molecule has 0 spiro atoms. The smallest absolute Gasteiger partial charge is 0.181 e. The van der Waals surface area contributed by atoms with Crippen LogP contribution >= 0.6 is 34.9 Å². The third kappa shape index (κ3) is 3.37. The normalized spacial score (nSPS) is 10.7. The molecule has 0 aliphatic carbocycles. The Morgan fingerprint density at radius 2 is 1.95 bits per heavy atom. The molecule has 0 aromatic carbocycles.